The van der Waals surface area contributed by atoms with E-state index in [2.05, 4.69) is 61.2 Å². The summed E-state index contributed by atoms with van der Waals surface area (Å²) in [5.74, 6) is 0. The average Bonchev–Trinajstić information content (AvgIpc) is 3.05. The fraction of sp³-hybridized carbons (Fsp3) is 0.280. The Hall–Kier alpha value is -2.34. The minimum atomic E-state index is 0.927. The van der Waals surface area contributed by atoms with E-state index in [4.69, 9.17) is 0 Å². The minimum absolute atomic E-state index is 0.927. The molecule has 3 aromatic carbocycles. The molecule has 0 saturated heterocycles. The van der Waals surface area contributed by atoms with Crippen molar-refractivity contribution in [3.05, 3.63) is 72.8 Å². The topological polar surface area (TPSA) is 0 Å². The summed E-state index contributed by atoms with van der Waals surface area (Å²) in [6, 6.07) is 19.8. The van der Waals surface area contributed by atoms with Crippen LogP contribution in [0.25, 0.3) is 33.0 Å². The molecule has 0 aromatic heterocycles. The second-order valence-corrected chi connectivity index (χ2v) is 5.04. The Balaban J connectivity index is 0.000000475. The van der Waals surface area contributed by atoms with Crippen molar-refractivity contribution in [1.29, 1.82) is 0 Å². The van der Waals surface area contributed by atoms with Crippen LogP contribution in [-0.2, 0) is 6.42 Å². The standard InChI is InChI=1S/C19H14.3C2H6/c1-2-6-13-11-12-18-16-8-4-3-7-15(16)17-10-5-9-14(13)19(17)18;3*1-2/h2-5,7-12H,1,6H2;3*1-2H3. The monoisotopic (exact) mass is 332 g/mol. The van der Waals surface area contributed by atoms with Gasteiger partial charge >= 0.3 is 0 Å². The van der Waals surface area contributed by atoms with Crippen molar-refractivity contribution in [2.24, 2.45) is 0 Å². The molecule has 0 saturated carbocycles. The van der Waals surface area contributed by atoms with Gasteiger partial charge in [-0.2, -0.15) is 0 Å². The molecule has 0 amide bonds. The van der Waals surface area contributed by atoms with Crippen LogP contribution in [0.15, 0.2) is 67.3 Å². The third-order valence-electron chi connectivity index (χ3n) is 4.00. The highest BCUT2D eigenvalue weighted by Gasteiger charge is 2.21. The Morgan fingerprint density at radius 1 is 0.640 bits per heavy atom. The first-order chi connectivity index (χ1) is 12.4. The first-order valence-corrected chi connectivity index (χ1v) is 9.65. The normalized spacial score (nSPS) is 9.52. The van der Waals surface area contributed by atoms with Crippen molar-refractivity contribution < 1.29 is 0 Å². The third-order valence-corrected chi connectivity index (χ3v) is 4.00. The van der Waals surface area contributed by atoms with Crippen molar-refractivity contribution in [2.75, 3.05) is 0 Å². The van der Waals surface area contributed by atoms with E-state index in [0.29, 0.717) is 0 Å². The molecule has 0 bridgehead atoms. The summed E-state index contributed by atoms with van der Waals surface area (Å²) in [5, 5.41) is 2.77. The van der Waals surface area contributed by atoms with Crippen LogP contribution in [0.5, 0.6) is 0 Å². The summed E-state index contributed by atoms with van der Waals surface area (Å²) in [6.07, 6.45) is 2.91. The summed E-state index contributed by atoms with van der Waals surface area (Å²) in [7, 11) is 0. The lowest BCUT2D eigenvalue weighted by molar-refractivity contribution is 1.31. The van der Waals surface area contributed by atoms with Crippen LogP contribution in [0.3, 0.4) is 0 Å². The van der Waals surface area contributed by atoms with E-state index in [1.54, 1.807) is 0 Å². The maximum absolute atomic E-state index is 3.86. The maximum Gasteiger partial charge on any atom is -0.00235 e. The van der Waals surface area contributed by atoms with E-state index in [1.807, 2.05) is 47.6 Å². The van der Waals surface area contributed by atoms with Gasteiger partial charge < -0.3 is 0 Å². The Labute approximate surface area is 154 Å². The zero-order chi connectivity index (χ0) is 18.8. The average molecular weight is 333 g/mol. The third kappa shape index (κ3) is 3.85. The van der Waals surface area contributed by atoms with Crippen LogP contribution in [0.4, 0.5) is 0 Å². The quantitative estimate of drug-likeness (QED) is 0.324. The van der Waals surface area contributed by atoms with Crippen LogP contribution in [-0.4, -0.2) is 0 Å². The number of fused-ring (bicyclic) bond motifs is 3. The SMILES string of the molecule is C=CCc1ccc2c3c(cccc13)-c1ccccc1-2.CC.CC.CC. The molecule has 0 spiro atoms. The van der Waals surface area contributed by atoms with E-state index in [1.165, 1.54) is 38.6 Å². The first-order valence-electron chi connectivity index (χ1n) is 9.65. The molecule has 25 heavy (non-hydrogen) atoms. The van der Waals surface area contributed by atoms with Gasteiger partial charge in [0.15, 0.2) is 0 Å². The van der Waals surface area contributed by atoms with E-state index >= 15 is 0 Å². The van der Waals surface area contributed by atoms with Gasteiger partial charge in [-0.3, -0.25) is 0 Å². The lowest BCUT2D eigenvalue weighted by Crippen LogP contribution is -1.85. The van der Waals surface area contributed by atoms with Crippen LogP contribution < -0.4 is 0 Å². The van der Waals surface area contributed by atoms with E-state index in [0.717, 1.165) is 6.42 Å². The van der Waals surface area contributed by atoms with Gasteiger partial charge in [-0.1, -0.05) is 102 Å². The van der Waals surface area contributed by atoms with Crippen LogP contribution in [0.1, 0.15) is 47.1 Å². The van der Waals surface area contributed by atoms with Gasteiger partial charge in [0.2, 0.25) is 0 Å². The number of rotatable bonds is 2. The summed E-state index contributed by atoms with van der Waals surface area (Å²) in [6.45, 7) is 15.9. The molecule has 0 heterocycles. The summed E-state index contributed by atoms with van der Waals surface area (Å²) >= 11 is 0. The van der Waals surface area contributed by atoms with Crippen molar-refractivity contribution in [3.63, 3.8) is 0 Å². The molecule has 0 fully saturated rings. The van der Waals surface area contributed by atoms with Crippen LogP contribution in [0.2, 0.25) is 0 Å². The van der Waals surface area contributed by atoms with Crippen LogP contribution >= 0.6 is 0 Å². The van der Waals surface area contributed by atoms with Crippen LogP contribution in [0, 0.1) is 0 Å². The molecule has 0 radical (unpaired) electrons. The molecular formula is C25H32. The molecule has 132 valence electrons. The summed E-state index contributed by atoms with van der Waals surface area (Å²) < 4.78 is 0. The second-order valence-electron chi connectivity index (χ2n) is 5.04. The van der Waals surface area contributed by atoms with Crippen molar-refractivity contribution in [2.45, 2.75) is 48.0 Å². The lowest BCUT2D eigenvalue weighted by Gasteiger charge is -2.07. The Kier molecular flexibility index (Phi) is 8.70. The molecule has 0 aliphatic heterocycles. The number of hydrogen-bond acceptors (Lipinski definition) is 0. The molecule has 0 nitrogen and oxygen atoms in total. The lowest BCUT2D eigenvalue weighted by atomic mass is 9.97. The minimum Gasteiger partial charge on any atom is -0.103 e. The van der Waals surface area contributed by atoms with E-state index in [-0.39, 0.29) is 0 Å². The molecule has 4 rings (SSSR count). The first kappa shape index (κ1) is 20.7. The van der Waals surface area contributed by atoms with Gasteiger partial charge in [0.25, 0.3) is 0 Å². The van der Waals surface area contributed by atoms with Crippen molar-refractivity contribution in [3.8, 4) is 22.3 Å². The van der Waals surface area contributed by atoms with E-state index in [9.17, 15) is 0 Å². The van der Waals surface area contributed by atoms with Crippen molar-refractivity contribution >= 4 is 10.8 Å². The Morgan fingerprint density at radius 2 is 1.16 bits per heavy atom. The zero-order valence-corrected chi connectivity index (χ0v) is 16.7. The van der Waals surface area contributed by atoms with E-state index < -0.39 is 0 Å². The van der Waals surface area contributed by atoms with Gasteiger partial charge in [-0.05, 0) is 45.0 Å². The molecular weight excluding hydrogens is 300 g/mol. The van der Waals surface area contributed by atoms with Gasteiger partial charge in [-0.25, -0.2) is 0 Å². The molecule has 0 heteroatoms. The summed E-state index contributed by atoms with van der Waals surface area (Å²) in [4.78, 5) is 0. The fourth-order valence-electron chi connectivity index (χ4n) is 3.20. The highest BCUT2D eigenvalue weighted by Crippen LogP contribution is 2.47. The largest absolute Gasteiger partial charge is 0.103 e. The van der Waals surface area contributed by atoms with Crippen molar-refractivity contribution in [1.82, 2.24) is 0 Å². The highest BCUT2D eigenvalue weighted by molar-refractivity contribution is 6.15. The number of hydrogen-bond donors (Lipinski definition) is 0. The van der Waals surface area contributed by atoms with Gasteiger partial charge in [0, 0.05) is 0 Å². The maximum atomic E-state index is 3.86. The smallest absolute Gasteiger partial charge is 0.00235 e. The molecule has 0 unspecified atom stereocenters. The number of allylic oxidation sites excluding steroid dienone is 1. The molecule has 1 aliphatic carbocycles. The number of benzene rings is 3. The van der Waals surface area contributed by atoms with Gasteiger partial charge in [0.05, 0.1) is 0 Å². The molecule has 0 atom stereocenters. The Bertz CT molecular complexity index is 780. The fourth-order valence-corrected chi connectivity index (χ4v) is 3.20. The predicted octanol–water partition coefficient (Wildman–Crippen LogP) is 8.29. The predicted molar refractivity (Wildman–Crippen MR) is 116 cm³/mol. The van der Waals surface area contributed by atoms with Gasteiger partial charge in [-0.15, -0.1) is 6.58 Å². The Morgan fingerprint density at radius 3 is 1.72 bits per heavy atom. The second kappa shape index (κ2) is 10.5. The molecule has 0 N–H and O–H groups in total. The zero-order valence-electron chi connectivity index (χ0n) is 16.7. The van der Waals surface area contributed by atoms with Gasteiger partial charge in [0.1, 0.15) is 0 Å². The summed E-state index contributed by atoms with van der Waals surface area (Å²) in [5.41, 5.74) is 6.82. The molecule has 3 aromatic rings. The molecule has 1 aliphatic rings. The highest BCUT2D eigenvalue weighted by atomic mass is 14.2.